The molecule has 3 heteroatoms. The van der Waals surface area contributed by atoms with Gasteiger partial charge in [0.2, 0.25) is 5.91 Å². The highest BCUT2D eigenvalue weighted by Gasteiger charge is 2.47. The molecular formula is C10H15NO2. The number of likely N-dealkylation sites (tertiary alicyclic amines) is 1. The van der Waals surface area contributed by atoms with Gasteiger partial charge < -0.3 is 4.90 Å². The topological polar surface area (TPSA) is 37.4 Å². The monoisotopic (exact) mass is 181 g/mol. The van der Waals surface area contributed by atoms with E-state index in [0.717, 1.165) is 12.8 Å². The molecule has 3 nitrogen and oxygen atoms in total. The van der Waals surface area contributed by atoms with Crippen LogP contribution in [0.5, 0.6) is 0 Å². The number of nitrogens with zero attached hydrogens (tertiary/aromatic N) is 1. The number of hydrogen-bond acceptors (Lipinski definition) is 2. The largest absolute Gasteiger partial charge is 0.341 e. The average Bonchev–Trinajstić information content (AvgIpc) is 2.85. The van der Waals surface area contributed by atoms with Gasteiger partial charge in [-0.1, -0.05) is 6.92 Å². The summed E-state index contributed by atoms with van der Waals surface area (Å²) in [7, 11) is 0. The van der Waals surface area contributed by atoms with Crippen LogP contribution in [0.3, 0.4) is 0 Å². The lowest BCUT2D eigenvalue weighted by molar-refractivity contribution is -0.139. The van der Waals surface area contributed by atoms with Gasteiger partial charge in [0, 0.05) is 31.3 Å². The minimum atomic E-state index is -0.0691. The van der Waals surface area contributed by atoms with Gasteiger partial charge in [-0.05, 0) is 12.8 Å². The molecule has 1 saturated carbocycles. The summed E-state index contributed by atoms with van der Waals surface area (Å²) in [5.41, 5.74) is -0.0691. The van der Waals surface area contributed by atoms with E-state index in [2.05, 4.69) is 0 Å². The fraction of sp³-hybridized carbons (Fsp3) is 0.800. The van der Waals surface area contributed by atoms with Gasteiger partial charge in [0.15, 0.2) is 0 Å². The first-order chi connectivity index (χ1) is 6.12. The Labute approximate surface area is 78.1 Å². The van der Waals surface area contributed by atoms with E-state index >= 15 is 0 Å². The zero-order valence-electron chi connectivity index (χ0n) is 8.01. The van der Waals surface area contributed by atoms with Gasteiger partial charge in [-0.2, -0.15) is 0 Å². The van der Waals surface area contributed by atoms with Crippen LogP contribution in [0.2, 0.25) is 0 Å². The maximum atomic E-state index is 11.8. The van der Waals surface area contributed by atoms with Crippen LogP contribution in [-0.4, -0.2) is 29.7 Å². The van der Waals surface area contributed by atoms with Crippen molar-refractivity contribution in [1.82, 2.24) is 4.90 Å². The van der Waals surface area contributed by atoms with Gasteiger partial charge in [0.25, 0.3) is 0 Å². The molecular weight excluding hydrogens is 166 g/mol. The molecule has 0 bridgehead atoms. The smallest absolute Gasteiger partial charge is 0.228 e. The number of amides is 1. The fourth-order valence-corrected chi connectivity index (χ4v) is 1.74. The molecule has 72 valence electrons. The van der Waals surface area contributed by atoms with Crippen LogP contribution < -0.4 is 0 Å². The van der Waals surface area contributed by atoms with Gasteiger partial charge in [-0.25, -0.2) is 0 Å². The second-order valence-corrected chi connectivity index (χ2v) is 4.39. The molecule has 0 atom stereocenters. The molecule has 0 radical (unpaired) electrons. The highest BCUT2D eigenvalue weighted by atomic mass is 16.2. The van der Waals surface area contributed by atoms with Gasteiger partial charge in [0.05, 0.1) is 0 Å². The van der Waals surface area contributed by atoms with Crippen molar-refractivity contribution in [3.63, 3.8) is 0 Å². The van der Waals surface area contributed by atoms with Crippen molar-refractivity contribution in [2.24, 2.45) is 5.41 Å². The minimum absolute atomic E-state index is 0.0691. The molecule has 0 aromatic rings. The summed E-state index contributed by atoms with van der Waals surface area (Å²) in [6.45, 7) is 3.31. The summed E-state index contributed by atoms with van der Waals surface area (Å²) in [6, 6.07) is 0. The summed E-state index contributed by atoms with van der Waals surface area (Å²) in [5.74, 6) is 0.560. The normalized spacial score (nSPS) is 25.9. The van der Waals surface area contributed by atoms with Crippen molar-refractivity contribution in [3.05, 3.63) is 0 Å². The zero-order chi connectivity index (χ0) is 9.47. The predicted octanol–water partition coefficient (Wildman–Crippen LogP) is 0.978. The van der Waals surface area contributed by atoms with Crippen LogP contribution in [0.15, 0.2) is 0 Å². The first kappa shape index (κ1) is 8.73. The van der Waals surface area contributed by atoms with Crippen molar-refractivity contribution in [2.75, 3.05) is 13.1 Å². The summed E-state index contributed by atoms with van der Waals surface area (Å²) in [6.07, 6.45) is 3.16. The Morgan fingerprint density at radius 2 is 1.85 bits per heavy atom. The number of Topliss-reactive ketones (excluding diaryl/α,β-unsaturated/α-hetero) is 1. The summed E-state index contributed by atoms with van der Waals surface area (Å²) < 4.78 is 0. The lowest BCUT2D eigenvalue weighted by atomic mass is 10.0. The molecule has 1 aliphatic carbocycles. The number of carbonyl (C=O) groups excluding carboxylic acids is 2. The first-order valence-electron chi connectivity index (χ1n) is 4.93. The lowest BCUT2D eigenvalue weighted by Gasteiger charge is -2.28. The molecule has 1 saturated heterocycles. The quantitative estimate of drug-likeness (QED) is 0.604. The standard InChI is InChI=1S/C10H15NO2/c1-10(4-5-10)9(13)11-6-2-8(12)3-7-11/h2-7H2,1H3. The second-order valence-electron chi connectivity index (χ2n) is 4.39. The van der Waals surface area contributed by atoms with Crippen molar-refractivity contribution < 1.29 is 9.59 Å². The van der Waals surface area contributed by atoms with E-state index in [1.807, 2.05) is 11.8 Å². The van der Waals surface area contributed by atoms with E-state index in [9.17, 15) is 9.59 Å². The third-order valence-corrected chi connectivity index (χ3v) is 3.12. The van der Waals surface area contributed by atoms with E-state index in [-0.39, 0.29) is 11.3 Å². The second kappa shape index (κ2) is 2.82. The van der Waals surface area contributed by atoms with E-state index in [4.69, 9.17) is 0 Å². The molecule has 1 amide bonds. The third-order valence-electron chi connectivity index (χ3n) is 3.12. The summed E-state index contributed by atoms with van der Waals surface area (Å²) in [4.78, 5) is 24.6. The van der Waals surface area contributed by atoms with Crippen LogP contribution in [0, 0.1) is 5.41 Å². The Bertz CT molecular complexity index is 246. The minimum Gasteiger partial charge on any atom is -0.341 e. The molecule has 0 aromatic heterocycles. The van der Waals surface area contributed by atoms with Crippen LogP contribution >= 0.6 is 0 Å². The molecule has 2 aliphatic rings. The first-order valence-corrected chi connectivity index (χ1v) is 4.93. The molecule has 2 rings (SSSR count). The Hall–Kier alpha value is -0.860. The Kier molecular flexibility index (Phi) is 1.90. The number of carbonyl (C=O) groups is 2. The van der Waals surface area contributed by atoms with Gasteiger partial charge in [-0.15, -0.1) is 0 Å². The molecule has 0 unspecified atom stereocenters. The number of ketones is 1. The summed E-state index contributed by atoms with van der Waals surface area (Å²) >= 11 is 0. The maximum absolute atomic E-state index is 11.8. The van der Waals surface area contributed by atoms with E-state index < -0.39 is 0 Å². The SMILES string of the molecule is CC1(C(=O)N2CCC(=O)CC2)CC1. The number of piperidine rings is 1. The molecule has 0 N–H and O–H groups in total. The molecule has 2 fully saturated rings. The Morgan fingerprint density at radius 3 is 2.31 bits per heavy atom. The average molecular weight is 181 g/mol. The highest BCUT2D eigenvalue weighted by molar-refractivity contribution is 5.87. The molecule has 0 spiro atoms. The van der Waals surface area contributed by atoms with Crippen LogP contribution in [0.4, 0.5) is 0 Å². The van der Waals surface area contributed by atoms with Crippen LogP contribution in [0.1, 0.15) is 32.6 Å². The van der Waals surface area contributed by atoms with Crippen LogP contribution in [0.25, 0.3) is 0 Å². The number of hydrogen-bond donors (Lipinski definition) is 0. The highest BCUT2D eigenvalue weighted by Crippen LogP contribution is 2.46. The van der Waals surface area contributed by atoms with Crippen molar-refractivity contribution >= 4 is 11.7 Å². The zero-order valence-corrected chi connectivity index (χ0v) is 8.01. The van der Waals surface area contributed by atoms with E-state index in [0.29, 0.717) is 31.7 Å². The van der Waals surface area contributed by atoms with Gasteiger partial charge >= 0.3 is 0 Å². The molecule has 1 heterocycles. The third kappa shape index (κ3) is 1.60. The maximum Gasteiger partial charge on any atom is 0.228 e. The van der Waals surface area contributed by atoms with Gasteiger partial charge in [0.1, 0.15) is 5.78 Å². The van der Waals surface area contributed by atoms with Crippen molar-refractivity contribution in [1.29, 1.82) is 0 Å². The van der Waals surface area contributed by atoms with E-state index in [1.165, 1.54) is 0 Å². The molecule has 0 aromatic carbocycles. The van der Waals surface area contributed by atoms with E-state index in [1.54, 1.807) is 0 Å². The fourth-order valence-electron chi connectivity index (χ4n) is 1.74. The summed E-state index contributed by atoms with van der Waals surface area (Å²) in [5, 5.41) is 0. The van der Waals surface area contributed by atoms with Gasteiger partial charge in [-0.3, -0.25) is 9.59 Å². The van der Waals surface area contributed by atoms with Crippen molar-refractivity contribution in [2.45, 2.75) is 32.6 Å². The lowest BCUT2D eigenvalue weighted by Crippen LogP contribution is -2.42. The van der Waals surface area contributed by atoms with Crippen molar-refractivity contribution in [3.8, 4) is 0 Å². The molecule has 13 heavy (non-hydrogen) atoms. The van der Waals surface area contributed by atoms with Crippen LogP contribution in [-0.2, 0) is 9.59 Å². The Balaban J connectivity index is 1.94. The Morgan fingerprint density at radius 1 is 1.31 bits per heavy atom. The molecule has 1 aliphatic heterocycles. The predicted molar refractivity (Wildman–Crippen MR) is 48.2 cm³/mol. The number of rotatable bonds is 1.